The van der Waals surface area contributed by atoms with E-state index in [-0.39, 0.29) is 29.8 Å². The van der Waals surface area contributed by atoms with Gasteiger partial charge in [0.25, 0.3) is 10.0 Å². The first-order valence-electron chi connectivity index (χ1n) is 15.7. The Hall–Kier alpha value is -4.43. The predicted octanol–water partition coefficient (Wildman–Crippen LogP) is 6.67. The average Bonchev–Trinajstić information content (AvgIpc) is 3.02. The Morgan fingerprint density at radius 1 is 0.761 bits per heavy atom. The number of aryl methyl sites for hydroxylation is 4. The zero-order valence-corrected chi connectivity index (χ0v) is 28.5. The fourth-order valence-corrected chi connectivity index (χ4v) is 6.92. The molecule has 4 aromatic rings. The smallest absolute Gasteiger partial charge is 0.264 e. The molecule has 0 aliphatic rings. The van der Waals surface area contributed by atoms with Gasteiger partial charge >= 0.3 is 0 Å². The van der Waals surface area contributed by atoms with Gasteiger partial charge in [-0.05, 0) is 75.9 Å². The van der Waals surface area contributed by atoms with Gasteiger partial charge in [-0.25, -0.2) is 8.42 Å². The largest absolute Gasteiger partial charge is 0.352 e. The normalized spacial score (nSPS) is 12.7. The van der Waals surface area contributed by atoms with Crippen LogP contribution in [0.15, 0.2) is 102 Å². The van der Waals surface area contributed by atoms with Crippen molar-refractivity contribution < 1.29 is 18.0 Å². The third-order valence-corrected chi connectivity index (χ3v) is 9.99. The van der Waals surface area contributed by atoms with Crippen LogP contribution in [0.3, 0.4) is 0 Å². The van der Waals surface area contributed by atoms with Crippen LogP contribution < -0.4 is 9.62 Å². The molecule has 0 aliphatic heterocycles. The lowest BCUT2D eigenvalue weighted by Gasteiger charge is -2.34. The summed E-state index contributed by atoms with van der Waals surface area (Å²) in [4.78, 5) is 30.3. The first-order chi connectivity index (χ1) is 21.9. The van der Waals surface area contributed by atoms with E-state index < -0.39 is 28.5 Å². The SMILES string of the molecule is CC[C@H](C)NC(=O)[C@@H](Cc1ccccc1)N(Cc1cccc(C)c1)C(=O)CN(c1ccc(C)cc1C)S(=O)(=O)c1ccc(C)cc1. The van der Waals surface area contributed by atoms with Crippen LogP contribution in [0.1, 0.15) is 53.6 Å². The fraction of sp³-hybridized carbons (Fsp3) is 0.316. The molecule has 2 atom stereocenters. The van der Waals surface area contributed by atoms with E-state index in [9.17, 15) is 18.0 Å². The van der Waals surface area contributed by atoms with Crippen molar-refractivity contribution in [3.05, 3.63) is 130 Å². The highest BCUT2D eigenvalue weighted by Gasteiger charge is 2.35. The molecule has 4 rings (SSSR count). The van der Waals surface area contributed by atoms with Crippen molar-refractivity contribution in [2.24, 2.45) is 0 Å². The van der Waals surface area contributed by atoms with Crippen molar-refractivity contribution >= 4 is 27.5 Å². The zero-order chi connectivity index (χ0) is 33.4. The second-order valence-corrected chi connectivity index (χ2v) is 14.0. The van der Waals surface area contributed by atoms with E-state index in [1.54, 1.807) is 35.2 Å². The monoisotopic (exact) mass is 639 g/mol. The Balaban J connectivity index is 1.83. The van der Waals surface area contributed by atoms with E-state index in [1.807, 2.05) is 108 Å². The van der Waals surface area contributed by atoms with Gasteiger partial charge < -0.3 is 10.2 Å². The highest BCUT2D eigenvalue weighted by Crippen LogP contribution is 2.29. The second-order valence-electron chi connectivity index (χ2n) is 12.1. The van der Waals surface area contributed by atoms with Crippen LogP contribution in [-0.2, 0) is 32.6 Å². The molecule has 0 heterocycles. The molecular formula is C38H45N3O4S. The number of carbonyl (C=O) groups is 2. The molecule has 1 N–H and O–H groups in total. The van der Waals surface area contributed by atoms with Gasteiger partial charge in [-0.1, -0.05) is 102 Å². The minimum absolute atomic E-state index is 0.0893. The molecule has 0 aromatic heterocycles. The maximum atomic E-state index is 14.7. The minimum Gasteiger partial charge on any atom is -0.352 e. The maximum Gasteiger partial charge on any atom is 0.264 e. The van der Waals surface area contributed by atoms with Gasteiger partial charge in [-0.2, -0.15) is 0 Å². The highest BCUT2D eigenvalue weighted by molar-refractivity contribution is 7.92. The van der Waals surface area contributed by atoms with Crippen LogP contribution >= 0.6 is 0 Å². The lowest BCUT2D eigenvalue weighted by Crippen LogP contribution is -2.54. The van der Waals surface area contributed by atoms with E-state index in [0.29, 0.717) is 5.69 Å². The third-order valence-electron chi connectivity index (χ3n) is 8.22. The molecule has 4 aromatic carbocycles. The molecule has 0 radical (unpaired) electrons. The summed E-state index contributed by atoms with van der Waals surface area (Å²) in [6.07, 6.45) is 1.000. The summed E-state index contributed by atoms with van der Waals surface area (Å²) < 4.78 is 29.8. The van der Waals surface area contributed by atoms with E-state index in [1.165, 1.54) is 4.31 Å². The number of benzene rings is 4. The Morgan fingerprint density at radius 3 is 2.02 bits per heavy atom. The minimum atomic E-state index is -4.16. The van der Waals surface area contributed by atoms with Crippen molar-refractivity contribution in [1.29, 1.82) is 0 Å². The fourth-order valence-electron chi connectivity index (χ4n) is 5.44. The molecule has 8 heteroatoms. The van der Waals surface area contributed by atoms with Crippen LogP contribution in [0.25, 0.3) is 0 Å². The number of nitrogens with zero attached hydrogens (tertiary/aromatic N) is 2. The van der Waals surface area contributed by atoms with E-state index in [4.69, 9.17) is 0 Å². The summed E-state index contributed by atoms with van der Waals surface area (Å²) in [6, 6.07) is 28.5. The summed E-state index contributed by atoms with van der Waals surface area (Å²) in [5.74, 6) is -0.754. The van der Waals surface area contributed by atoms with Crippen LogP contribution in [0.4, 0.5) is 5.69 Å². The molecule has 0 aliphatic carbocycles. The number of nitrogens with one attached hydrogen (secondary N) is 1. The van der Waals surface area contributed by atoms with Crippen molar-refractivity contribution in [3.8, 4) is 0 Å². The van der Waals surface area contributed by atoms with Gasteiger partial charge in [0.2, 0.25) is 11.8 Å². The third kappa shape index (κ3) is 8.63. The number of sulfonamides is 1. The molecule has 0 spiro atoms. The van der Waals surface area contributed by atoms with Crippen LogP contribution in [0, 0.1) is 27.7 Å². The quantitative estimate of drug-likeness (QED) is 0.177. The van der Waals surface area contributed by atoms with Crippen LogP contribution in [0.5, 0.6) is 0 Å². The Bertz CT molecular complexity index is 1750. The Kier molecular flexibility index (Phi) is 11.4. The Labute approximate surface area is 274 Å². The first-order valence-corrected chi connectivity index (χ1v) is 17.2. The van der Waals surface area contributed by atoms with E-state index in [0.717, 1.165) is 39.8 Å². The number of hydrogen-bond acceptors (Lipinski definition) is 4. The molecule has 0 unspecified atom stereocenters. The molecule has 0 saturated carbocycles. The van der Waals surface area contributed by atoms with Gasteiger partial charge in [0.1, 0.15) is 12.6 Å². The molecule has 7 nitrogen and oxygen atoms in total. The molecule has 0 fully saturated rings. The summed E-state index contributed by atoms with van der Waals surface area (Å²) in [7, 11) is -4.16. The molecule has 2 amide bonds. The molecular weight excluding hydrogens is 595 g/mol. The predicted molar refractivity (Wildman–Crippen MR) is 185 cm³/mol. The number of carbonyl (C=O) groups excluding carboxylic acids is 2. The number of rotatable bonds is 13. The van der Waals surface area contributed by atoms with Gasteiger partial charge in [-0.15, -0.1) is 0 Å². The lowest BCUT2D eigenvalue weighted by atomic mass is 10.0. The zero-order valence-electron chi connectivity index (χ0n) is 27.7. The number of hydrogen-bond donors (Lipinski definition) is 1. The maximum absolute atomic E-state index is 14.7. The second kappa shape index (κ2) is 15.2. The van der Waals surface area contributed by atoms with E-state index >= 15 is 0 Å². The summed E-state index contributed by atoms with van der Waals surface area (Å²) in [5.41, 5.74) is 5.81. The number of anilines is 1. The highest BCUT2D eigenvalue weighted by atomic mass is 32.2. The molecule has 0 bridgehead atoms. The summed E-state index contributed by atoms with van der Waals surface area (Å²) in [5, 5.41) is 3.08. The van der Waals surface area contributed by atoms with Gasteiger partial charge in [0, 0.05) is 19.0 Å². The standard InChI is InChI=1S/C38H45N3O4S/c1-7-31(6)39-38(43)36(24-32-13-9-8-10-14-32)40(25-33-15-11-12-28(3)23-33)37(42)26-41(35-21-18-29(4)22-30(35)5)46(44,45)34-19-16-27(2)17-20-34/h8-23,31,36H,7,24-26H2,1-6H3,(H,39,43)/t31-,36+/m0/s1. The first kappa shape index (κ1) is 34.4. The van der Waals surface area contributed by atoms with Crippen molar-refractivity contribution in [2.45, 2.75) is 77.9 Å². The van der Waals surface area contributed by atoms with Gasteiger partial charge in [-0.3, -0.25) is 13.9 Å². The van der Waals surface area contributed by atoms with E-state index in [2.05, 4.69) is 5.32 Å². The number of amides is 2. The molecule has 46 heavy (non-hydrogen) atoms. The topological polar surface area (TPSA) is 86.8 Å². The van der Waals surface area contributed by atoms with Crippen LogP contribution in [-0.4, -0.2) is 43.8 Å². The van der Waals surface area contributed by atoms with Crippen LogP contribution in [0.2, 0.25) is 0 Å². The summed E-state index contributed by atoms with van der Waals surface area (Å²) >= 11 is 0. The molecule has 0 saturated heterocycles. The van der Waals surface area contributed by atoms with Crippen molar-refractivity contribution in [2.75, 3.05) is 10.8 Å². The van der Waals surface area contributed by atoms with Crippen molar-refractivity contribution in [1.82, 2.24) is 10.2 Å². The van der Waals surface area contributed by atoms with Crippen molar-refractivity contribution in [3.63, 3.8) is 0 Å². The molecule has 242 valence electrons. The Morgan fingerprint density at radius 2 is 1.39 bits per heavy atom. The van der Waals surface area contributed by atoms with Gasteiger partial charge in [0.05, 0.1) is 10.6 Å². The summed E-state index contributed by atoms with van der Waals surface area (Å²) in [6.45, 7) is 11.2. The lowest BCUT2D eigenvalue weighted by molar-refractivity contribution is -0.140. The average molecular weight is 640 g/mol. The van der Waals surface area contributed by atoms with Gasteiger partial charge in [0.15, 0.2) is 0 Å².